The van der Waals surface area contributed by atoms with Crippen molar-refractivity contribution >= 4 is 0 Å². The van der Waals surface area contributed by atoms with Crippen LogP contribution in [0.15, 0.2) is 0 Å². The van der Waals surface area contributed by atoms with E-state index in [4.69, 9.17) is 9.47 Å². The van der Waals surface area contributed by atoms with Gasteiger partial charge in [-0.25, -0.2) is 0 Å². The van der Waals surface area contributed by atoms with E-state index in [1.54, 1.807) is 7.11 Å². The number of hydrogen-bond donors (Lipinski definition) is 1. The monoisotopic (exact) mass is 217 g/mol. The van der Waals surface area contributed by atoms with Crippen LogP contribution in [0.1, 0.15) is 12.8 Å². The van der Waals surface area contributed by atoms with E-state index in [0.717, 1.165) is 25.7 Å². The van der Waals surface area contributed by atoms with E-state index in [0.29, 0.717) is 13.2 Å². The van der Waals surface area contributed by atoms with E-state index >= 15 is 0 Å². The van der Waals surface area contributed by atoms with E-state index in [1.165, 1.54) is 12.8 Å². The van der Waals surface area contributed by atoms with Gasteiger partial charge in [0.1, 0.15) is 0 Å². The number of methoxy groups -OCH3 is 1. The average Bonchev–Trinajstić information content (AvgIpc) is 2.96. The molecule has 1 unspecified atom stereocenters. The summed E-state index contributed by atoms with van der Waals surface area (Å²) < 4.78 is 10.4. The van der Waals surface area contributed by atoms with Crippen LogP contribution in [0.3, 0.4) is 0 Å². The lowest BCUT2D eigenvalue weighted by atomic mass is 10.3. The Kier molecular flexibility index (Phi) is 6.17. The predicted octanol–water partition coefficient (Wildman–Crippen LogP) is 0.352. The zero-order chi connectivity index (χ0) is 11.1. The molecule has 0 radical (unpaired) electrons. The molecule has 1 rings (SSSR count). The highest BCUT2D eigenvalue weighted by Crippen LogP contribution is 2.28. The van der Waals surface area contributed by atoms with Gasteiger partial charge in [-0.05, 0) is 25.8 Å². The highest BCUT2D eigenvalue weighted by Gasteiger charge is 2.20. The van der Waals surface area contributed by atoms with Crippen molar-refractivity contribution in [3.05, 3.63) is 0 Å². The molecule has 1 aliphatic rings. The Labute approximate surface area is 92.2 Å². The van der Waals surface area contributed by atoms with Crippen molar-refractivity contribution in [2.24, 2.45) is 5.92 Å². The maximum Gasteiger partial charge on any atom is 0.0899 e. The van der Waals surface area contributed by atoms with Gasteiger partial charge in [0.2, 0.25) is 0 Å². The second-order valence-electron chi connectivity index (χ2n) is 4.39. The van der Waals surface area contributed by atoms with Crippen LogP contribution in [-0.4, -0.2) is 63.2 Å². The maximum atomic E-state index is 9.47. The first-order valence-electron chi connectivity index (χ1n) is 5.65. The van der Waals surface area contributed by atoms with E-state index in [9.17, 15) is 5.11 Å². The molecule has 4 nitrogen and oxygen atoms in total. The maximum absolute atomic E-state index is 9.47. The predicted molar refractivity (Wildman–Crippen MR) is 58.9 cm³/mol. The molecular weight excluding hydrogens is 194 g/mol. The van der Waals surface area contributed by atoms with Gasteiger partial charge in [0.15, 0.2) is 0 Å². The fourth-order valence-electron chi connectivity index (χ4n) is 1.45. The van der Waals surface area contributed by atoms with Gasteiger partial charge in [-0.2, -0.15) is 0 Å². The van der Waals surface area contributed by atoms with Gasteiger partial charge in [-0.15, -0.1) is 0 Å². The molecule has 15 heavy (non-hydrogen) atoms. The zero-order valence-corrected chi connectivity index (χ0v) is 9.82. The molecule has 0 saturated heterocycles. The minimum Gasteiger partial charge on any atom is -0.389 e. The highest BCUT2D eigenvalue weighted by molar-refractivity contribution is 4.72. The van der Waals surface area contributed by atoms with Gasteiger partial charge >= 0.3 is 0 Å². The number of aliphatic hydroxyl groups excluding tert-OH is 1. The van der Waals surface area contributed by atoms with E-state index in [2.05, 4.69) is 4.90 Å². The quantitative estimate of drug-likeness (QED) is 0.566. The molecule has 1 fully saturated rings. The van der Waals surface area contributed by atoms with Gasteiger partial charge in [0, 0.05) is 26.8 Å². The zero-order valence-electron chi connectivity index (χ0n) is 9.82. The molecule has 0 amide bonds. The molecule has 0 aromatic heterocycles. The number of ether oxygens (including phenoxy) is 2. The van der Waals surface area contributed by atoms with Crippen molar-refractivity contribution in [2.75, 3.05) is 47.1 Å². The molecule has 1 aliphatic carbocycles. The Hall–Kier alpha value is -0.160. The Balaban J connectivity index is 1.89. The minimum absolute atomic E-state index is 0.396. The van der Waals surface area contributed by atoms with E-state index in [-0.39, 0.29) is 0 Å². The Bertz CT molecular complexity index is 162. The van der Waals surface area contributed by atoms with Crippen LogP contribution in [0.5, 0.6) is 0 Å². The summed E-state index contributed by atoms with van der Waals surface area (Å²) in [6.45, 7) is 3.57. The number of aliphatic hydroxyl groups is 1. The number of likely N-dealkylation sites (N-methyl/N-ethyl adjacent to an activating group) is 1. The molecular formula is C11H23NO3. The molecule has 1 saturated carbocycles. The summed E-state index contributed by atoms with van der Waals surface area (Å²) in [5.74, 6) is 0.828. The first-order valence-corrected chi connectivity index (χ1v) is 5.65. The van der Waals surface area contributed by atoms with Crippen LogP contribution in [0.2, 0.25) is 0 Å². The first kappa shape index (κ1) is 12.9. The fourth-order valence-corrected chi connectivity index (χ4v) is 1.45. The van der Waals surface area contributed by atoms with Crippen molar-refractivity contribution in [3.8, 4) is 0 Å². The van der Waals surface area contributed by atoms with E-state index < -0.39 is 6.10 Å². The van der Waals surface area contributed by atoms with Crippen molar-refractivity contribution in [2.45, 2.75) is 18.9 Å². The number of nitrogens with zero attached hydrogens (tertiary/aromatic N) is 1. The van der Waals surface area contributed by atoms with E-state index in [1.807, 2.05) is 7.05 Å². The molecule has 4 heteroatoms. The van der Waals surface area contributed by atoms with Crippen molar-refractivity contribution in [1.29, 1.82) is 0 Å². The number of hydrogen-bond acceptors (Lipinski definition) is 4. The minimum atomic E-state index is -0.400. The Morgan fingerprint density at radius 2 is 2.20 bits per heavy atom. The second-order valence-corrected chi connectivity index (χ2v) is 4.39. The van der Waals surface area contributed by atoms with Gasteiger partial charge in [-0.3, -0.25) is 0 Å². The fraction of sp³-hybridized carbons (Fsp3) is 1.00. The lowest BCUT2D eigenvalue weighted by Gasteiger charge is -2.19. The second kappa shape index (κ2) is 7.17. The van der Waals surface area contributed by atoms with Crippen LogP contribution in [0.25, 0.3) is 0 Å². The van der Waals surface area contributed by atoms with Gasteiger partial charge < -0.3 is 19.5 Å². The molecule has 0 bridgehead atoms. The molecule has 90 valence electrons. The summed E-state index contributed by atoms with van der Waals surface area (Å²) in [6, 6.07) is 0. The van der Waals surface area contributed by atoms with Gasteiger partial charge in [-0.1, -0.05) is 0 Å². The summed E-state index contributed by atoms with van der Waals surface area (Å²) in [7, 11) is 3.58. The van der Waals surface area contributed by atoms with Gasteiger partial charge in [0.25, 0.3) is 0 Å². The Morgan fingerprint density at radius 3 is 2.80 bits per heavy atom. The summed E-state index contributed by atoms with van der Waals surface area (Å²) in [5, 5.41) is 9.47. The third-order valence-electron chi connectivity index (χ3n) is 2.55. The smallest absolute Gasteiger partial charge is 0.0899 e. The van der Waals surface area contributed by atoms with Crippen molar-refractivity contribution in [3.63, 3.8) is 0 Å². The first-order chi connectivity index (χ1) is 7.22. The lowest BCUT2D eigenvalue weighted by Crippen LogP contribution is -2.34. The molecule has 0 aromatic rings. The van der Waals surface area contributed by atoms with Gasteiger partial charge in [0.05, 0.1) is 19.3 Å². The number of rotatable bonds is 9. The normalized spacial score (nSPS) is 18.4. The van der Waals surface area contributed by atoms with Crippen LogP contribution in [0.4, 0.5) is 0 Å². The molecule has 0 aliphatic heterocycles. The average molecular weight is 217 g/mol. The molecule has 1 atom stereocenters. The Morgan fingerprint density at radius 1 is 1.47 bits per heavy atom. The summed E-state index contributed by atoms with van der Waals surface area (Å²) in [6.07, 6.45) is 2.27. The highest BCUT2D eigenvalue weighted by atomic mass is 16.5. The van der Waals surface area contributed by atoms with Crippen LogP contribution in [0, 0.1) is 5.92 Å². The third-order valence-corrected chi connectivity index (χ3v) is 2.55. The molecule has 0 heterocycles. The summed E-state index contributed by atoms with van der Waals surface area (Å²) in [4.78, 5) is 2.07. The van der Waals surface area contributed by atoms with Crippen LogP contribution in [-0.2, 0) is 9.47 Å². The summed E-state index contributed by atoms with van der Waals surface area (Å²) in [5.41, 5.74) is 0. The van der Waals surface area contributed by atoms with Crippen LogP contribution < -0.4 is 0 Å². The largest absolute Gasteiger partial charge is 0.389 e. The summed E-state index contributed by atoms with van der Waals surface area (Å²) >= 11 is 0. The molecule has 0 aromatic carbocycles. The van der Waals surface area contributed by atoms with Crippen LogP contribution >= 0.6 is 0 Å². The molecule has 0 spiro atoms. The van der Waals surface area contributed by atoms with Crippen molar-refractivity contribution in [1.82, 2.24) is 4.90 Å². The third kappa shape index (κ3) is 6.84. The topological polar surface area (TPSA) is 41.9 Å². The standard InChI is InChI=1S/C11H23NO3/c1-12(7-11(13)9-14-2)5-6-15-8-10-3-4-10/h10-11,13H,3-9H2,1-2H3. The SMILES string of the molecule is COCC(O)CN(C)CCOCC1CC1. The molecule has 1 N–H and O–H groups in total. The van der Waals surface area contributed by atoms with Crippen molar-refractivity contribution < 1.29 is 14.6 Å². The lowest BCUT2D eigenvalue weighted by molar-refractivity contribution is 0.0339.